The van der Waals surface area contributed by atoms with E-state index in [1.54, 1.807) is 0 Å². The molecule has 0 aliphatic carbocycles. The molecule has 0 bridgehead atoms. The van der Waals surface area contributed by atoms with E-state index < -0.39 is 0 Å². The fourth-order valence-electron chi connectivity index (χ4n) is 1.42. The van der Waals surface area contributed by atoms with Crippen LogP contribution in [0.3, 0.4) is 0 Å². The van der Waals surface area contributed by atoms with E-state index in [-0.39, 0.29) is 6.04 Å². The third-order valence-electron chi connectivity index (χ3n) is 2.41. The van der Waals surface area contributed by atoms with Gasteiger partial charge in [0.1, 0.15) is 0 Å². The van der Waals surface area contributed by atoms with Crippen LogP contribution in [-0.2, 0) is 0 Å². The molecule has 1 rings (SSSR count). The van der Waals surface area contributed by atoms with Crippen LogP contribution < -0.4 is 5.32 Å². The Balaban J connectivity index is 3.15. The molecule has 1 N–H and O–H groups in total. The molecule has 0 spiro atoms. The van der Waals surface area contributed by atoms with Crippen molar-refractivity contribution in [1.29, 1.82) is 0 Å². The molecule has 0 saturated carbocycles. The minimum absolute atomic E-state index is 0.0277. The molecule has 13 heavy (non-hydrogen) atoms. The van der Waals surface area contributed by atoms with Crippen molar-refractivity contribution in [3.63, 3.8) is 0 Å². The van der Waals surface area contributed by atoms with E-state index in [1.165, 1.54) is 16.7 Å². The lowest BCUT2D eigenvalue weighted by atomic mass is 9.98. The van der Waals surface area contributed by atoms with Crippen LogP contribution in [0.4, 0.5) is 0 Å². The zero-order valence-electron chi connectivity index (χ0n) is 8.39. The van der Waals surface area contributed by atoms with Crippen LogP contribution in [0.2, 0.25) is 0 Å². The number of hydrogen-bond acceptors (Lipinski definition) is 1. The minimum Gasteiger partial charge on any atom is -0.303 e. The fourth-order valence-corrected chi connectivity index (χ4v) is 1.42. The summed E-state index contributed by atoms with van der Waals surface area (Å²) in [5, 5.41) is 3.10. The summed E-state index contributed by atoms with van der Waals surface area (Å²) < 4.78 is 0. The Morgan fingerprint density at radius 1 is 1.38 bits per heavy atom. The maximum absolute atomic E-state index is 5.42. The molecule has 0 radical (unpaired) electrons. The van der Waals surface area contributed by atoms with Crippen LogP contribution in [-0.4, -0.2) is 7.05 Å². The van der Waals surface area contributed by atoms with Gasteiger partial charge in [0.25, 0.3) is 0 Å². The van der Waals surface area contributed by atoms with Gasteiger partial charge < -0.3 is 5.32 Å². The van der Waals surface area contributed by atoms with Gasteiger partial charge >= 0.3 is 0 Å². The molecule has 1 heteroatoms. The van der Waals surface area contributed by atoms with Gasteiger partial charge in [-0.25, -0.2) is 0 Å². The average Bonchev–Trinajstić information content (AvgIpc) is 2.14. The molecule has 1 nitrogen and oxygen atoms in total. The van der Waals surface area contributed by atoms with Gasteiger partial charge in [-0.15, -0.1) is 6.42 Å². The highest BCUT2D eigenvalue weighted by Gasteiger charge is 2.08. The quantitative estimate of drug-likeness (QED) is 0.676. The van der Waals surface area contributed by atoms with Crippen LogP contribution in [0.15, 0.2) is 18.2 Å². The lowest BCUT2D eigenvalue weighted by Crippen LogP contribution is -2.15. The molecular formula is C12H15N. The summed E-state index contributed by atoms with van der Waals surface area (Å²) >= 11 is 0. The zero-order chi connectivity index (χ0) is 9.84. The van der Waals surface area contributed by atoms with Gasteiger partial charge in [-0.1, -0.05) is 24.1 Å². The second kappa shape index (κ2) is 4.11. The van der Waals surface area contributed by atoms with Gasteiger partial charge in [-0.3, -0.25) is 0 Å². The first-order chi connectivity index (χ1) is 6.20. The summed E-state index contributed by atoms with van der Waals surface area (Å²) in [7, 11) is 1.88. The third kappa shape index (κ3) is 1.91. The van der Waals surface area contributed by atoms with E-state index in [4.69, 9.17) is 6.42 Å². The highest BCUT2D eigenvalue weighted by Crippen LogP contribution is 2.19. The first-order valence-electron chi connectivity index (χ1n) is 4.40. The first-order valence-corrected chi connectivity index (χ1v) is 4.40. The van der Waals surface area contributed by atoms with Crippen molar-refractivity contribution in [1.82, 2.24) is 5.32 Å². The smallest absolute Gasteiger partial charge is 0.0943 e. The van der Waals surface area contributed by atoms with E-state index in [2.05, 4.69) is 37.2 Å². The van der Waals surface area contributed by atoms with Crippen LogP contribution >= 0.6 is 0 Å². The number of nitrogens with one attached hydrogen (secondary N) is 1. The normalized spacial score (nSPS) is 12.2. The predicted molar refractivity (Wildman–Crippen MR) is 56.5 cm³/mol. The number of aryl methyl sites for hydroxylation is 1. The summed E-state index contributed by atoms with van der Waals surface area (Å²) in [6.45, 7) is 4.20. The molecular weight excluding hydrogens is 158 g/mol. The molecule has 0 aliphatic rings. The SMILES string of the molecule is C#CC(NC)c1cccc(C)c1C. The van der Waals surface area contributed by atoms with E-state index in [0.29, 0.717) is 0 Å². The Morgan fingerprint density at radius 3 is 2.62 bits per heavy atom. The summed E-state index contributed by atoms with van der Waals surface area (Å²) in [6, 6.07) is 6.24. The summed E-state index contributed by atoms with van der Waals surface area (Å²) in [4.78, 5) is 0. The highest BCUT2D eigenvalue weighted by atomic mass is 14.9. The van der Waals surface area contributed by atoms with Crippen molar-refractivity contribution >= 4 is 0 Å². The third-order valence-corrected chi connectivity index (χ3v) is 2.41. The minimum atomic E-state index is 0.0277. The van der Waals surface area contributed by atoms with E-state index >= 15 is 0 Å². The molecule has 0 fully saturated rings. The summed E-state index contributed by atoms with van der Waals surface area (Å²) in [5.74, 6) is 2.72. The Bertz CT molecular complexity index is 333. The topological polar surface area (TPSA) is 12.0 Å². The Labute approximate surface area is 80.2 Å². The lowest BCUT2D eigenvalue weighted by Gasteiger charge is -2.14. The fraction of sp³-hybridized carbons (Fsp3) is 0.333. The Kier molecular flexibility index (Phi) is 3.11. The van der Waals surface area contributed by atoms with E-state index in [1.807, 2.05) is 13.1 Å². The molecule has 1 atom stereocenters. The van der Waals surface area contributed by atoms with Crippen LogP contribution in [0.1, 0.15) is 22.7 Å². The molecule has 1 aromatic carbocycles. The molecule has 68 valence electrons. The number of hydrogen-bond donors (Lipinski definition) is 1. The van der Waals surface area contributed by atoms with Gasteiger partial charge in [0.15, 0.2) is 0 Å². The summed E-state index contributed by atoms with van der Waals surface area (Å²) in [5.41, 5.74) is 3.76. The van der Waals surface area contributed by atoms with Crippen molar-refractivity contribution in [2.75, 3.05) is 7.05 Å². The number of rotatable bonds is 2. The van der Waals surface area contributed by atoms with Crippen molar-refractivity contribution < 1.29 is 0 Å². The molecule has 1 unspecified atom stereocenters. The maximum atomic E-state index is 5.42. The number of terminal acetylenes is 1. The molecule has 1 aromatic rings. The molecule has 0 aliphatic heterocycles. The highest BCUT2D eigenvalue weighted by molar-refractivity contribution is 5.38. The lowest BCUT2D eigenvalue weighted by molar-refractivity contribution is 0.731. The van der Waals surface area contributed by atoms with Crippen molar-refractivity contribution in [2.24, 2.45) is 0 Å². The maximum Gasteiger partial charge on any atom is 0.0943 e. The molecule has 0 saturated heterocycles. The van der Waals surface area contributed by atoms with E-state index in [0.717, 1.165) is 0 Å². The van der Waals surface area contributed by atoms with Gasteiger partial charge in [-0.2, -0.15) is 0 Å². The van der Waals surface area contributed by atoms with Crippen LogP contribution in [0.5, 0.6) is 0 Å². The van der Waals surface area contributed by atoms with Crippen molar-refractivity contribution in [3.05, 3.63) is 34.9 Å². The van der Waals surface area contributed by atoms with Crippen molar-refractivity contribution in [2.45, 2.75) is 19.9 Å². The van der Waals surface area contributed by atoms with E-state index in [9.17, 15) is 0 Å². The number of benzene rings is 1. The largest absolute Gasteiger partial charge is 0.303 e. The second-order valence-corrected chi connectivity index (χ2v) is 3.18. The average molecular weight is 173 g/mol. The van der Waals surface area contributed by atoms with Gasteiger partial charge in [-0.05, 0) is 37.6 Å². The van der Waals surface area contributed by atoms with Gasteiger partial charge in [0, 0.05) is 0 Å². The second-order valence-electron chi connectivity index (χ2n) is 3.18. The van der Waals surface area contributed by atoms with Crippen LogP contribution in [0, 0.1) is 26.2 Å². The summed E-state index contributed by atoms with van der Waals surface area (Å²) in [6.07, 6.45) is 5.42. The first kappa shape index (κ1) is 9.83. The standard InChI is InChI=1S/C12H15N/c1-5-12(13-4)11-8-6-7-9(2)10(11)3/h1,6-8,12-13H,2-4H3. The Hall–Kier alpha value is -1.26. The van der Waals surface area contributed by atoms with Crippen LogP contribution in [0.25, 0.3) is 0 Å². The Morgan fingerprint density at radius 2 is 2.08 bits per heavy atom. The monoisotopic (exact) mass is 173 g/mol. The van der Waals surface area contributed by atoms with Gasteiger partial charge in [0.2, 0.25) is 0 Å². The molecule has 0 amide bonds. The van der Waals surface area contributed by atoms with Crippen molar-refractivity contribution in [3.8, 4) is 12.3 Å². The molecule has 0 heterocycles. The molecule has 0 aromatic heterocycles. The zero-order valence-corrected chi connectivity index (χ0v) is 8.39. The predicted octanol–water partition coefficient (Wildman–Crippen LogP) is 2.20. The van der Waals surface area contributed by atoms with Gasteiger partial charge in [0.05, 0.1) is 6.04 Å².